The molecule has 0 aromatic heterocycles. The Morgan fingerprint density at radius 2 is 2.22 bits per heavy atom. The van der Waals surface area contributed by atoms with Gasteiger partial charge in [-0.1, -0.05) is 0 Å². The van der Waals surface area contributed by atoms with Crippen LogP contribution >= 0.6 is 24.0 Å². The molecule has 2 aliphatic heterocycles. The molecule has 0 aliphatic carbocycles. The molecular weight excluding hydrogens is 337 g/mol. The molecule has 1 aromatic carbocycles. The number of hydrogen-bond donors (Lipinski definition) is 0. The summed E-state index contributed by atoms with van der Waals surface area (Å²) in [7, 11) is 0. The molecule has 122 valence electrons. The zero-order valence-corrected chi connectivity index (χ0v) is 14.0. The van der Waals surface area contributed by atoms with Crippen LogP contribution in [0.3, 0.4) is 0 Å². The molecular formula is C15H16FN3O2S2. The Morgan fingerprint density at radius 1 is 1.43 bits per heavy atom. The highest BCUT2D eigenvalue weighted by atomic mass is 32.2. The number of benzene rings is 1. The van der Waals surface area contributed by atoms with Crippen LogP contribution in [0.1, 0.15) is 0 Å². The van der Waals surface area contributed by atoms with Crippen LogP contribution in [0.25, 0.3) is 0 Å². The van der Waals surface area contributed by atoms with Gasteiger partial charge in [0.1, 0.15) is 11.9 Å². The van der Waals surface area contributed by atoms with E-state index in [0.717, 1.165) is 24.6 Å². The van der Waals surface area contributed by atoms with Gasteiger partial charge in [-0.05, 0) is 30.4 Å². The number of nitrogens with zero attached hydrogens (tertiary/aromatic N) is 3. The first-order valence-corrected chi connectivity index (χ1v) is 8.89. The van der Waals surface area contributed by atoms with Crippen molar-refractivity contribution in [2.45, 2.75) is 6.10 Å². The number of halogens is 1. The number of thioether (sulfide) groups is 1. The Balaban J connectivity index is 1.74. The van der Waals surface area contributed by atoms with E-state index in [1.165, 1.54) is 11.0 Å². The third-order valence-electron chi connectivity index (χ3n) is 3.83. The fourth-order valence-corrected chi connectivity index (χ4v) is 3.67. The van der Waals surface area contributed by atoms with E-state index in [9.17, 15) is 9.18 Å². The number of thiocarbonyl (C=S) groups is 1. The second-order valence-corrected chi connectivity index (χ2v) is 6.69. The van der Waals surface area contributed by atoms with Crippen molar-refractivity contribution in [3.05, 3.63) is 24.0 Å². The highest BCUT2D eigenvalue weighted by Crippen LogP contribution is 2.29. The topological polar surface area (TPSA) is 45.1 Å². The van der Waals surface area contributed by atoms with E-state index in [1.807, 2.05) is 16.7 Å². The first-order chi connectivity index (χ1) is 11.2. The molecule has 0 radical (unpaired) electrons. The van der Waals surface area contributed by atoms with Crippen LogP contribution in [0.2, 0.25) is 0 Å². The third kappa shape index (κ3) is 3.65. The molecule has 1 amide bonds. The van der Waals surface area contributed by atoms with Crippen LogP contribution in [-0.2, 0) is 4.74 Å². The molecule has 2 heterocycles. The number of anilines is 2. The number of carbonyl (C=O) groups excluding carboxylic acids is 1. The maximum Gasteiger partial charge on any atom is 0.414 e. The van der Waals surface area contributed by atoms with Crippen molar-refractivity contribution in [3.63, 3.8) is 0 Å². The number of ether oxygens (including phenoxy) is 1. The van der Waals surface area contributed by atoms with Crippen LogP contribution in [0.15, 0.2) is 23.2 Å². The molecule has 0 bridgehead atoms. The van der Waals surface area contributed by atoms with Gasteiger partial charge in [-0.2, -0.15) is 11.8 Å². The lowest BCUT2D eigenvalue weighted by Crippen LogP contribution is -2.33. The molecule has 1 aromatic rings. The summed E-state index contributed by atoms with van der Waals surface area (Å²) >= 11 is 6.38. The summed E-state index contributed by atoms with van der Waals surface area (Å²) in [5, 5.41) is 2.25. The van der Waals surface area contributed by atoms with Gasteiger partial charge in [-0.25, -0.2) is 14.2 Å². The molecule has 3 rings (SSSR count). The lowest BCUT2D eigenvalue weighted by Gasteiger charge is -2.29. The number of rotatable bonds is 4. The van der Waals surface area contributed by atoms with Gasteiger partial charge in [-0.15, -0.1) is 0 Å². The van der Waals surface area contributed by atoms with Crippen molar-refractivity contribution in [2.75, 3.05) is 47.5 Å². The monoisotopic (exact) mass is 353 g/mol. The number of cyclic esters (lactones) is 1. The van der Waals surface area contributed by atoms with E-state index in [0.29, 0.717) is 17.9 Å². The van der Waals surface area contributed by atoms with Gasteiger partial charge >= 0.3 is 6.09 Å². The number of hydrogen-bond acceptors (Lipinski definition) is 6. The average molecular weight is 353 g/mol. The van der Waals surface area contributed by atoms with Crippen molar-refractivity contribution in [1.82, 2.24) is 0 Å². The molecule has 0 unspecified atom stereocenters. The molecule has 0 N–H and O–H groups in total. The first kappa shape index (κ1) is 16.2. The fourth-order valence-electron chi connectivity index (χ4n) is 2.69. The predicted octanol–water partition coefficient (Wildman–Crippen LogP) is 2.81. The van der Waals surface area contributed by atoms with Crippen molar-refractivity contribution in [2.24, 2.45) is 4.99 Å². The van der Waals surface area contributed by atoms with Crippen molar-refractivity contribution >= 4 is 46.6 Å². The maximum absolute atomic E-state index is 14.4. The number of carbonyl (C=O) groups is 1. The summed E-state index contributed by atoms with van der Waals surface area (Å²) in [6.45, 7) is 2.28. The lowest BCUT2D eigenvalue weighted by molar-refractivity contribution is 0.145. The second-order valence-electron chi connectivity index (χ2n) is 5.28. The standard InChI is InChI=1S/C15H16FN3O2S2/c16-13-7-11(1-2-14(13)18-3-5-23-6-4-18)19-9-12(8-17-10-22)21-15(19)20/h1-2,7,12H,3-6,8-9H2/t12-/m0/s1. The molecule has 2 aliphatic rings. The van der Waals surface area contributed by atoms with Crippen LogP contribution in [0, 0.1) is 5.82 Å². The van der Waals surface area contributed by atoms with E-state index in [2.05, 4.69) is 22.4 Å². The maximum atomic E-state index is 14.4. The van der Waals surface area contributed by atoms with E-state index in [4.69, 9.17) is 4.74 Å². The van der Waals surface area contributed by atoms with Crippen molar-refractivity contribution < 1.29 is 13.9 Å². The Labute approximate surface area is 143 Å². The Kier molecular flexibility index (Phi) is 5.15. The predicted molar refractivity (Wildman–Crippen MR) is 93.4 cm³/mol. The molecule has 1 atom stereocenters. The quantitative estimate of drug-likeness (QED) is 0.615. The number of isothiocyanates is 1. The van der Waals surface area contributed by atoms with Crippen LogP contribution in [0.5, 0.6) is 0 Å². The minimum Gasteiger partial charge on any atom is -0.442 e. The normalized spacial score (nSPS) is 21.1. The highest BCUT2D eigenvalue weighted by Gasteiger charge is 2.32. The SMILES string of the molecule is O=C1O[C@@H](CN=C=S)CN1c1ccc(N2CCSCC2)c(F)c1. The molecule has 5 nitrogen and oxygen atoms in total. The third-order valence-corrected chi connectivity index (χ3v) is 4.90. The van der Waals surface area contributed by atoms with Gasteiger partial charge in [-0.3, -0.25) is 4.90 Å². The summed E-state index contributed by atoms with van der Waals surface area (Å²) in [5.74, 6) is 1.69. The molecule has 2 saturated heterocycles. The molecule has 0 saturated carbocycles. The minimum atomic E-state index is -0.490. The molecule has 2 fully saturated rings. The van der Waals surface area contributed by atoms with Gasteiger partial charge in [0, 0.05) is 24.6 Å². The Morgan fingerprint density at radius 3 is 2.91 bits per heavy atom. The zero-order valence-electron chi connectivity index (χ0n) is 12.4. The summed E-state index contributed by atoms with van der Waals surface area (Å²) < 4.78 is 19.6. The minimum absolute atomic E-state index is 0.276. The number of aliphatic imine (C=N–C) groups is 1. The van der Waals surface area contributed by atoms with E-state index >= 15 is 0 Å². The summed E-state index contributed by atoms with van der Waals surface area (Å²) in [6.07, 6.45) is -0.865. The smallest absolute Gasteiger partial charge is 0.414 e. The van der Waals surface area contributed by atoms with Crippen LogP contribution in [-0.4, -0.2) is 55.0 Å². The van der Waals surface area contributed by atoms with Crippen molar-refractivity contribution in [3.8, 4) is 0 Å². The van der Waals surface area contributed by atoms with E-state index < -0.39 is 6.09 Å². The van der Waals surface area contributed by atoms with Gasteiger partial charge < -0.3 is 9.64 Å². The van der Waals surface area contributed by atoms with E-state index in [1.54, 1.807) is 12.1 Å². The van der Waals surface area contributed by atoms with Crippen LogP contribution in [0.4, 0.5) is 20.6 Å². The van der Waals surface area contributed by atoms with E-state index in [-0.39, 0.29) is 18.5 Å². The summed E-state index contributed by atoms with van der Waals surface area (Å²) in [6, 6.07) is 4.88. The van der Waals surface area contributed by atoms with Gasteiger partial charge in [0.25, 0.3) is 0 Å². The zero-order chi connectivity index (χ0) is 16.2. The summed E-state index contributed by atoms with van der Waals surface area (Å²) in [4.78, 5) is 19.2. The van der Waals surface area contributed by atoms with Gasteiger partial charge in [0.15, 0.2) is 0 Å². The molecule has 8 heteroatoms. The Hall–Kier alpha value is -1.63. The lowest BCUT2D eigenvalue weighted by atomic mass is 10.2. The van der Waals surface area contributed by atoms with Crippen LogP contribution < -0.4 is 9.80 Å². The Bertz CT molecular complexity index is 646. The average Bonchev–Trinajstić information content (AvgIpc) is 2.94. The molecule has 0 spiro atoms. The second kappa shape index (κ2) is 7.29. The fraction of sp³-hybridized carbons (Fsp3) is 0.467. The number of amides is 1. The van der Waals surface area contributed by atoms with Gasteiger partial charge in [0.2, 0.25) is 0 Å². The molecule has 23 heavy (non-hydrogen) atoms. The highest BCUT2D eigenvalue weighted by molar-refractivity contribution is 7.99. The van der Waals surface area contributed by atoms with Crippen molar-refractivity contribution in [1.29, 1.82) is 0 Å². The largest absolute Gasteiger partial charge is 0.442 e. The summed E-state index contributed by atoms with van der Waals surface area (Å²) in [5.41, 5.74) is 1.08. The van der Waals surface area contributed by atoms with Gasteiger partial charge in [0.05, 0.1) is 29.6 Å². The first-order valence-electron chi connectivity index (χ1n) is 7.33.